The van der Waals surface area contributed by atoms with Crippen LogP contribution in [0.4, 0.5) is 0 Å². The Kier molecular flexibility index (Phi) is 4.81. The fourth-order valence-corrected chi connectivity index (χ4v) is 5.72. The Bertz CT molecular complexity index is 1040. The van der Waals surface area contributed by atoms with Gasteiger partial charge >= 0.3 is 0 Å². The summed E-state index contributed by atoms with van der Waals surface area (Å²) in [5.41, 5.74) is 4.60. The van der Waals surface area contributed by atoms with Gasteiger partial charge in [-0.25, -0.2) is 0 Å². The molecule has 1 aliphatic heterocycles. The lowest BCUT2D eigenvalue weighted by atomic mass is 9.85. The summed E-state index contributed by atoms with van der Waals surface area (Å²) in [7, 11) is 0. The standard InChI is InChI=1S/C27H27NO3/c1-3-23(28-26(30)24-20-10-11-21(15-20)25(24)27(28)31)19-8-6-18(7-9-19)16(2)14-17-4-12-22(29)13-5-17/h3-6,8-13,20-21,23-25,29H,1,7,14-15H2,2H3. The predicted octanol–water partition coefficient (Wildman–Crippen LogP) is 4.50. The van der Waals surface area contributed by atoms with Crippen LogP contribution in [0.2, 0.25) is 0 Å². The third-order valence-electron chi connectivity index (χ3n) is 7.34. The molecule has 4 heteroatoms. The molecule has 1 aromatic rings. The second kappa shape index (κ2) is 7.52. The van der Waals surface area contributed by atoms with Crippen LogP contribution in [0.15, 0.2) is 84.0 Å². The van der Waals surface area contributed by atoms with E-state index in [2.05, 4.69) is 37.8 Å². The molecule has 2 bridgehead atoms. The number of phenols is 1. The molecule has 2 amide bonds. The molecule has 5 rings (SSSR count). The van der Waals surface area contributed by atoms with Crippen LogP contribution >= 0.6 is 0 Å². The Hall–Kier alpha value is -3.14. The van der Waals surface area contributed by atoms with E-state index in [4.69, 9.17) is 0 Å². The first-order valence-electron chi connectivity index (χ1n) is 11.0. The van der Waals surface area contributed by atoms with Crippen LogP contribution in [0.1, 0.15) is 25.3 Å². The Labute approximate surface area is 183 Å². The molecule has 158 valence electrons. The van der Waals surface area contributed by atoms with E-state index in [0.29, 0.717) is 0 Å². The van der Waals surface area contributed by atoms with Crippen LogP contribution < -0.4 is 0 Å². The van der Waals surface area contributed by atoms with Gasteiger partial charge in [0.2, 0.25) is 11.8 Å². The van der Waals surface area contributed by atoms with Crippen molar-refractivity contribution in [1.29, 1.82) is 0 Å². The highest BCUT2D eigenvalue weighted by atomic mass is 16.3. The highest BCUT2D eigenvalue weighted by Gasteiger charge is 2.60. The fourth-order valence-electron chi connectivity index (χ4n) is 5.72. The molecule has 3 aliphatic carbocycles. The van der Waals surface area contributed by atoms with E-state index in [1.54, 1.807) is 18.2 Å². The largest absolute Gasteiger partial charge is 0.508 e. The van der Waals surface area contributed by atoms with Crippen LogP contribution in [0.5, 0.6) is 5.75 Å². The van der Waals surface area contributed by atoms with Gasteiger partial charge in [0.1, 0.15) is 5.75 Å². The molecule has 0 spiro atoms. The number of amides is 2. The first kappa shape index (κ1) is 19.8. The van der Waals surface area contributed by atoms with E-state index in [0.717, 1.165) is 30.4 Å². The van der Waals surface area contributed by atoms with E-state index in [1.807, 2.05) is 18.2 Å². The van der Waals surface area contributed by atoms with Crippen LogP contribution in [0, 0.1) is 23.7 Å². The normalized spacial score (nSPS) is 31.1. The molecule has 0 radical (unpaired) electrons. The van der Waals surface area contributed by atoms with E-state index >= 15 is 0 Å². The van der Waals surface area contributed by atoms with Crippen molar-refractivity contribution in [1.82, 2.24) is 4.90 Å². The van der Waals surface area contributed by atoms with Gasteiger partial charge in [-0.05, 0) is 66.9 Å². The zero-order valence-electron chi connectivity index (χ0n) is 17.7. The van der Waals surface area contributed by atoms with Crippen molar-refractivity contribution in [3.8, 4) is 5.75 Å². The van der Waals surface area contributed by atoms with E-state index < -0.39 is 6.04 Å². The number of fused-ring (bicyclic) bond motifs is 5. The van der Waals surface area contributed by atoms with Crippen LogP contribution in [0.3, 0.4) is 0 Å². The number of benzene rings is 1. The number of hydrogen-bond acceptors (Lipinski definition) is 3. The van der Waals surface area contributed by atoms with Crippen LogP contribution in [-0.2, 0) is 16.0 Å². The molecular formula is C27H27NO3. The number of carbonyl (C=O) groups excluding carboxylic acids is 2. The number of aromatic hydroxyl groups is 1. The third-order valence-corrected chi connectivity index (χ3v) is 7.34. The molecule has 31 heavy (non-hydrogen) atoms. The molecular weight excluding hydrogens is 386 g/mol. The number of carbonyl (C=O) groups is 2. The molecule has 2 fully saturated rings. The van der Waals surface area contributed by atoms with Crippen molar-refractivity contribution in [3.05, 3.63) is 89.6 Å². The van der Waals surface area contributed by atoms with E-state index in [-0.39, 0.29) is 41.2 Å². The number of phenolic OH excluding ortho intramolecular Hbond substituents is 1. The maximum Gasteiger partial charge on any atom is 0.234 e. The average Bonchev–Trinajstić information content (AvgIpc) is 3.46. The van der Waals surface area contributed by atoms with Crippen LogP contribution in [-0.4, -0.2) is 27.9 Å². The minimum Gasteiger partial charge on any atom is -0.508 e. The van der Waals surface area contributed by atoms with E-state index in [9.17, 15) is 14.7 Å². The molecule has 0 aromatic heterocycles. The smallest absolute Gasteiger partial charge is 0.234 e. The second-order valence-corrected chi connectivity index (χ2v) is 9.12. The molecule has 1 heterocycles. The zero-order valence-corrected chi connectivity index (χ0v) is 17.7. The van der Waals surface area contributed by atoms with Gasteiger partial charge in [0.15, 0.2) is 0 Å². The van der Waals surface area contributed by atoms with Gasteiger partial charge in [-0.2, -0.15) is 0 Å². The van der Waals surface area contributed by atoms with Crippen molar-refractivity contribution in [2.75, 3.05) is 0 Å². The summed E-state index contributed by atoms with van der Waals surface area (Å²) in [5, 5.41) is 9.46. The first-order chi connectivity index (χ1) is 15.0. The lowest BCUT2D eigenvalue weighted by Crippen LogP contribution is -2.41. The van der Waals surface area contributed by atoms with Gasteiger partial charge in [-0.3, -0.25) is 14.5 Å². The summed E-state index contributed by atoms with van der Waals surface area (Å²) in [6.45, 7) is 6.06. The molecule has 4 aliphatic rings. The van der Waals surface area contributed by atoms with Crippen molar-refractivity contribution in [3.63, 3.8) is 0 Å². The molecule has 5 atom stereocenters. The molecule has 1 saturated heterocycles. The van der Waals surface area contributed by atoms with E-state index in [1.165, 1.54) is 16.0 Å². The second-order valence-electron chi connectivity index (χ2n) is 9.12. The summed E-state index contributed by atoms with van der Waals surface area (Å²) < 4.78 is 0. The minimum absolute atomic E-state index is 0.0316. The monoisotopic (exact) mass is 413 g/mol. The molecule has 1 N–H and O–H groups in total. The molecule has 1 aromatic carbocycles. The maximum absolute atomic E-state index is 13.2. The molecule has 5 unspecified atom stereocenters. The zero-order chi connectivity index (χ0) is 21.7. The Morgan fingerprint density at radius 3 is 2.32 bits per heavy atom. The summed E-state index contributed by atoms with van der Waals surface area (Å²) in [4.78, 5) is 27.8. The average molecular weight is 414 g/mol. The van der Waals surface area contributed by atoms with Gasteiger partial charge < -0.3 is 5.11 Å². The summed E-state index contributed by atoms with van der Waals surface area (Å²) in [5.74, 6) is 0.285. The summed E-state index contributed by atoms with van der Waals surface area (Å²) >= 11 is 0. The van der Waals surface area contributed by atoms with Crippen molar-refractivity contribution in [2.24, 2.45) is 23.7 Å². The fraction of sp³-hybridized carbons (Fsp3) is 0.333. The number of likely N-dealkylation sites (tertiary alicyclic amines) is 1. The van der Waals surface area contributed by atoms with Gasteiger partial charge in [-0.15, -0.1) is 6.58 Å². The first-order valence-corrected chi connectivity index (χ1v) is 11.0. The highest BCUT2D eigenvalue weighted by molar-refractivity contribution is 6.07. The Morgan fingerprint density at radius 2 is 1.77 bits per heavy atom. The minimum atomic E-state index is -0.403. The Balaban J connectivity index is 1.33. The van der Waals surface area contributed by atoms with Gasteiger partial charge in [0.05, 0.1) is 17.9 Å². The maximum atomic E-state index is 13.2. The quantitative estimate of drug-likeness (QED) is 0.571. The highest BCUT2D eigenvalue weighted by Crippen LogP contribution is 2.53. The number of allylic oxidation sites excluding steroid dienone is 6. The number of hydrogen-bond donors (Lipinski definition) is 1. The lowest BCUT2D eigenvalue weighted by Gasteiger charge is -2.27. The van der Waals surface area contributed by atoms with Gasteiger partial charge in [0, 0.05) is 0 Å². The van der Waals surface area contributed by atoms with Crippen molar-refractivity contribution < 1.29 is 14.7 Å². The third kappa shape index (κ3) is 3.21. The number of imide groups is 1. The van der Waals surface area contributed by atoms with Gasteiger partial charge in [0.25, 0.3) is 0 Å². The predicted molar refractivity (Wildman–Crippen MR) is 120 cm³/mol. The van der Waals surface area contributed by atoms with Gasteiger partial charge in [-0.1, -0.05) is 54.2 Å². The SMILES string of the molecule is C=CC(C1=CCC(=C(C)Cc2ccc(O)cc2)C=C1)N1C(=O)C2C3C=CC(C3)C2C1=O. The topological polar surface area (TPSA) is 57.6 Å². The van der Waals surface area contributed by atoms with Crippen LogP contribution in [0.25, 0.3) is 0 Å². The molecule has 1 saturated carbocycles. The lowest BCUT2D eigenvalue weighted by molar-refractivity contribution is -0.141. The van der Waals surface area contributed by atoms with Crippen molar-refractivity contribution >= 4 is 11.8 Å². The number of nitrogens with zero attached hydrogens (tertiary/aromatic N) is 1. The van der Waals surface area contributed by atoms with Crippen molar-refractivity contribution in [2.45, 2.75) is 32.2 Å². The molecule has 4 nitrogen and oxygen atoms in total. The number of rotatable bonds is 5. The summed E-state index contributed by atoms with van der Waals surface area (Å²) in [6, 6.07) is 6.88. The summed E-state index contributed by atoms with van der Waals surface area (Å²) in [6.07, 6.45) is 14.7. The Morgan fingerprint density at radius 1 is 1.13 bits per heavy atom.